The summed E-state index contributed by atoms with van der Waals surface area (Å²) in [6.07, 6.45) is 2.11. The Morgan fingerprint density at radius 2 is 2.09 bits per heavy atom. The van der Waals surface area contributed by atoms with E-state index in [0.29, 0.717) is 17.9 Å². The summed E-state index contributed by atoms with van der Waals surface area (Å²) in [5, 5.41) is 2.65. The van der Waals surface area contributed by atoms with Gasteiger partial charge in [-0.15, -0.1) is 0 Å². The minimum atomic E-state index is -0.480. The Balaban J connectivity index is 1.78. The lowest BCUT2D eigenvalue weighted by Crippen LogP contribution is -2.37. The second-order valence-corrected chi connectivity index (χ2v) is 5.99. The molecule has 2 aromatic rings. The minimum Gasteiger partial charge on any atom is -0.438 e. The largest absolute Gasteiger partial charge is 0.438 e. The molecule has 7 heteroatoms. The molecule has 1 fully saturated rings. The van der Waals surface area contributed by atoms with Gasteiger partial charge in [0.05, 0.1) is 6.04 Å². The molecule has 1 N–H and O–H groups in total. The summed E-state index contributed by atoms with van der Waals surface area (Å²) >= 11 is 1.21. The van der Waals surface area contributed by atoms with E-state index in [-0.39, 0.29) is 22.4 Å². The fourth-order valence-corrected chi connectivity index (χ4v) is 3.05. The summed E-state index contributed by atoms with van der Waals surface area (Å²) in [4.78, 5) is 28.0. The first-order valence-corrected chi connectivity index (χ1v) is 7.98. The highest BCUT2D eigenvalue weighted by atomic mass is 32.2. The Morgan fingerprint density at radius 1 is 1.30 bits per heavy atom. The van der Waals surface area contributed by atoms with Gasteiger partial charge in [0.2, 0.25) is 11.0 Å². The van der Waals surface area contributed by atoms with E-state index >= 15 is 0 Å². The zero-order valence-electron chi connectivity index (χ0n) is 12.0. The number of nitrogens with zero attached hydrogens (tertiary/aromatic N) is 1. The van der Waals surface area contributed by atoms with Gasteiger partial charge in [-0.05, 0) is 42.8 Å². The molecule has 1 aromatic heterocycles. The van der Waals surface area contributed by atoms with Crippen molar-refractivity contribution in [2.45, 2.75) is 12.5 Å². The molecule has 0 unspecified atom stereocenters. The molecule has 0 bridgehead atoms. The van der Waals surface area contributed by atoms with Gasteiger partial charge in [-0.2, -0.15) is 0 Å². The van der Waals surface area contributed by atoms with Crippen LogP contribution in [0, 0.1) is 5.82 Å². The monoisotopic (exact) mass is 332 g/mol. The van der Waals surface area contributed by atoms with Crippen LogP contribution in [-0.4, -0.2) is 27.8 Å². The van der Waals surface area contributed by atoms with Crippen molar-refractivity contribution in [3.05, 3.63) is 54.0 Å². The first kappa shape index (κ1) is 15.5. The lowest BCUT2D eigenvalue weighted by atomic mass is 10.2. The SMILES string of the molecule is O=C(N[C@H]1CCSC1=O)c1cccnc1Oc1ccc(F)cc1. The first-order chi connectivity index (χ1) is 11.1. The zero-order valence-corrected chi connectivity index (χ0v) is 12.8. The highest BCUT2D eigenvalue weighted by Crippen LogP contribution is 2.24. The van der Waals surface area contributed by atoms with Crippen LogP contribution in [0.25, 0.3) is 0 Å². The first-order valence-electron chi connectivity index (χ1n) is 6.99. The minimum absolute atomic E-state index is 0.0387. The number of hydrogen-bond donors (Lipinski definition) is 1. The summed E-state index contributed by atoms with van der Waals surface area (Å²) in [5.41, 5.74) is 0.224. The van der Waals surface area contributed by atoms with Crippen LogP contribution in [0.1, 0.15) is 16.8 Å². The fraction of sp³-hybridized carbons (Fsp3) is 0.188. The van der Waals surface area contributed by atoms with E-state index in [4.69, 9.17) is 4.74 Å². The van der Waals surface area contributed by atoms with Crippen LogP contribution in [0.5, 0.6) is 11.6 Å². The zero-order chi connectivity index (χ0) is 16.2. The third-order valence-corrected chi connectivity index (χ3v) is 4.29. The number of aromatic nitrogens is 1. The van der Waals surface area contributed by atoms with Gasteiger partial charge in [-0.1, -0.05) is 11.8 Å². The number of carbonyl (C=O) groups is 2. The number of rotatable bonds is 4. The molecule has 0 spiro atoms. The molecule has 0 saturated carbocycles. The molecular weight excluding hydrogens is 319 g/mol. The van der Waals surface area contributed by atoms with Crippen molar-refractivity contribution in [3.8, 4) is 11.6 Å². The Kier molecular flexibility index (Phi) is 4.57. The second-order valence-electron chi connectivity index (χ2n) is 4.89. The normalized spacial score (nSPS) is 17.1. The van der Waals surface area contributed by atoms with Crippen molar-refractivity contribution in [1.29, 1.82) is 0 Å². The van der Waals surface area contributed by atoms with E-state index < -0.39 is 11.9 Å². The van der Waals surface area contributed by atoms with Gasteiger partial charge >= 0.3 is 0 Å². The summed E-state index contributed by atoms with van der Waals surface area (Å²) in [5.74, 6) is 0.376. The molecule has 1 atom stereocenters. The lowest BCUT2D eigenvalue weighted by molar-refractivity contribution is -0.112. The summed E-state index contributed by atoms with van der Waals surface area (Å²) < 4.78 is 18.5. The van der Waals surface area contributed by atoms with Crippen LogP contribution >= 0.6 is 11.8 Å². The Hall–Kier alpha value is -2.41. The predicted octanol–water partition coefficient (Wildman–Crippen LogP) is 2.77. The van der Waals surface area contributed by atoms with Gasteiger partial charge < -0.3 is 10.1 Å². The summed E-state index contributed by atoms with van der Waals surface area (Å²) in [7, 11) is 0. The second kappa shape index (κ2) is 6.78. The van der Waals surface area contributed by atoms with E-state index in [2.05, 4.69) is 10.3 Å². The number of carbonyl (C=O) groups excluding carboxylic acids is 2. The molecule has 0 aliphatic carbocycles. The maximum Gasteiger partial charge on any atom is 0.257 e. The van der Waals surface area contributed by atoms with Crippen LogP contribution in [0.15, 0.2) is 42.6 Å². The van der Waals surface area contributed by atoms with E-state index in [9.17, 15) is 14.0 Å². The Labute approximate surface area is 136 Å². The molecule has 2 heterocycles. The van der Waals surface area contributed by atoms with Gasteiger partial charge in [0, 0.05) is 11.9 Å². The molecule has 1 aliphatic rings. The predicted molar refractivity (Wildman–Crippen MR) is 84.0 cm³/mol. The number of thioether (sulfide) groups is 1. The Morgan fingerprint density at radius 3 is 2.78 bits per heavy atom. The van der Waals surface area contributed by atoms with Crippen molar-refractivity contribution in [1.82, 2.24) is 10.3 Å². The van der Waals surface area contributed by atoms with Gasteiger partial charge in [-0.25, -0.2) is 9.37 Å². The van der Waals surface area contributed by atoms with Crippen LogP contribution in [0.2, 0.25) is 0 Å². The van der Waals surface area contributed by atoms with Crippen LogP contribution < -0.4 is 10.1 Å². The third-order valence-electron chi connectivity index (χ3n) is 3.28. The van der Waals surface area contributed by atoms with Crippen molar-refractivity contribution in [2.75, 3.05) is 5.75 Å². The quantitative estimate of drug-likeness (QED) is 0.932. The third kappa shape index (κ3) is 3.68. The number of benzene rings is 1. The average molecular weight is 332 g/mol. The van der Waals surface area contributed by atoms with E-state index in [1.807, 2.05) is 0 Å². The number of halogens is 1. The van der Waals surface area contributed by atoms with Crippen LogP contribution in [0.4, 0.5) is 4.39 Å². The number of nitrogens with one attached hydrogen (secondary N) is 1. The number of pyridine rings is 1. The van der Waals surface area contributed by atoms with Gasteiger partial charge in [-0.3, -0.25) is 9.59 Å². The standard InChI is InChI=1S/C16H13FN2O3S/c17-10-3-5-11(6-4-10)22-15-12(2-1-8-18-15)14(20)19-13-7-9-23-16(13)21/h1-6,8,13H,7,9H2,(H,19,20)/t13-/m0/s1. The number of ether oxygens (including phenoxy) is 1. The molecule has 3 rings (SSSR count). The maximum atomic E-state index is 12.9. The molecule has 1 saturated heterocycles. The van der Waals surface area contributed by atoms with Gasteiger partial charge in [0.1, 0.15) is 17.1 Å². The Bertz CT molecular complexity index is 736. The molecule has 23 heavy (non-hydrogen) atoms. The van der Waals surface area contributed by atoms with Crippen molar-refractivity contribution < 1.29 is 18.7 Å². The maximum absolute atomic E-state index is 12.9. The topological polar surface area (TPSA) is 68.3 Å². The lowest BCUT2D eigenvalue weighted by Gasteiger charge is -2.13. The summed E-state index contributed by atoms with van der Waals surface area (Å²) in [6, 6.07) is 8.10. The summed E-state index contributed by atoms with van der Waals surface area (Å²) in [6.45, 7) is 0. The number of amides is 1. The molecule has 0 radical (unpaired) electrons. The fourth-order valence-electron chi connectivity index (χ4n) is 2.12. The number of hydrogen-bond acceptors (Lipinski definition) is 5. The molecule has 1 aromatic carbocycles. The average Bonchev–Trinajstić information content (AvgIpc) is 2.95. The van der Waals surface area contributed by atoms with Crippen molar-refractivity contribution >= 4 is 22.8 Å². The van der Waals surface area contributed by atoms with Crippen LogP contribution in [-0.2, 0) is 4.79 Å². The van der Waals surface area contributed by atoms with E-state index in [0.717, 1.165) is 0 Å². The van der Waals surface area contributed by atoms with Crippen molar-refractivity contribution in [3.63, 3.8) is 0 Å². The molecule has 1 amide bonds. The van der Waals surface area contributed by atoms with Gasteiger partial charge in [0.15, 0.2) is 0 Å². The molecular formula is C16H13FN2O3S. The highest BCUT2D eigenvalue weighted by molar-refractivity contribution is 8.14. The van der Waals surface area contributed by atoms with E-state index in [1.165, 1.54) is 42.2 Å². The van der Waals surface area contributed by atoms with Gasteiger partial charge in [0.25, 0.3) is 5.91 Å². The molecule has 5 nitrogen and oxygen atoms in total. The van der Waals surface area contributed by atoms with E-state index in [1.54, 1.807) is 12.1 Å². The smallest absolute Gasteiger partial charge is 0.257 e. The highest BCUT2D eigenvalue weighted by Gasteiger charge is 2.28. The molecule has 118 valence electrons. The van der Waals surface area contributed by atoms with Crippen molar-refractivity contribution in [2.24, 2.45) is 0 Å². The van der Waals surface area contributed by atoms with Crippen LogP contribution in [0.3, 0.4) is 0 Å². The molecule has 1 aliphatic heterocycles.